The quantitative estimate of drug-likeness (QED) is 0.253. The van der Waals surface area contributed by atoms with Crippen molar-refractivity contribution in [2.45, 2.75) is 57.9 Å². The van der Waals surface area contributed by atoms with E-state index in [0.29, 0.717) is 25.2 Å². The Kier molecular flexibility index (Phi) is 12.4. The van der Waals surface area contributed by atoms with Crippen molar-refractivity contribution >= 4 is 29.7 Å². The van der Waals surface area contributed by atoms with Crippen LogP contribution in [0.25, 0.3) is 0 Å². The number of carboxylic acids is 1. The number of hydrogen-bond donors (Lipinski definition) is 4. The molecule has 1 fully saturated rings. The summed E-state index contributed by atoms with van der Waals surface area (Å²) >= 11 is 0. The van der Waals surface area contributed by atoms with E-state index in [-0.39, 0.29) is 44.2 Å². The monoisotopic (exact) mass is 569 g/mol. The minimum absolute atomic E-state index is 0.128. The van der Waals surface area contributed by atoms with Gasteiger partial charge in [-0.1, -0.05) is 56.7 Å². The number of likely N-dealkylation sites (tertiary alicyclic amines) is 1. The first-order valence-corrected chi connectivity index (χ1v) is 13.8. The zero-order valence-electron chi connectivity index (χ0n) is 23.5. The molecule has 2 heterocycles. The van der Waals surface area contributed by atoms with Crippen LogP contribution in [0.4, 0.5) is 10.6 Å². The largest absolute Gasteiger partial charge is 0.480 e. The third-order valence-corrected chi connectivity index (χ3v) is 6.74. The fourth-order valence-corrected chi connectivity index (χ4v) is 4.44. The van der Waals surface area contributed by atoms with Crippen LogP contribution in [0.1, 0.15) is 38.7 Å². The molecule has 0 radical (unpaired) electrons. The lowest BCUT2D eigenvalue weighted by Gasteiger charge is -2.24. The molecule has 1 aromatic heterocycles. The van der Waals surface area contributed by atoms with Crippen LogP contribution in [0.5, 0.6) is 0 Å². The van der Waals surface area contributed by atoms with Crippen LogP contribution in [-0.2, 0) is 30.5 Å². The fourth-order valence-electron chi connectivity index (χ4n) is 4.44. The summed E-state index contributed by atoms with van der Waals surface area (Å²) < 4.78 is 11.3. The zero-order valence-corrected chi connectivity index (χ0v) is 23.5. The molecule has 41 heavy (non-hydrogen) atoms. The van der Waals surface area contributed by atoms with Gasteiger partial charge >= 0.3 is 12.1 Å². The van der Waals surface area contributed by atoms with Crippen molar-refractivity contribution in [3.63, 3.8) is 0 Å². The topological polar surface area (TPSA) is 159 Å². The Morgan fingerprint density at radius 1 is 1.12 bits per heavy atom. The molecule has 4 N–H and O–H groups in total. The van der Waals surface area contributed by atoms with Crippen LogP contribution in [0.15, 0.2) is 54.7 Å². The van der Waals surface area contributed by atoms with E-state index in [1.54, 1.807) is 18.0 Å². The minimum atomic E-state index is -1.26. The van der Waals surface area contributed by atoms with Gasteiger partial charge in [-0.05, 0) is 30.5 Å². The highest BCUT2D eigenvalue weighted by molar-refractivity contribution is 5.85. The molecule has 0 saturated carbocycles. The molecular weight excluding hydrogens is 530 g/mol. The van der Waals surface area contributed by atoms with Crippen molar-refractivity contribution in [1.29, 1.82) is 0 Å². The number of anilines is 1. The zero-order chi connectivity index (χ0) is 29.6. The summed E-state index contributed by atoms with van der Waals surface area (Å²) in [6, 6.07) is 13.3. The third-order valence-electron chi connectivity index (χ3n) is 6.74. The first kappa shape index (κ1) is 31.3. The Morgan fingerprint density at radius 2 is 1.88 bits per heavy atom. The van der Waals surface area contributed by atoms with Crippen molar-refractivity contribution in [3.8, 4) is 0 Å². The summed E-state index contributed by atoms with van der Waals surface area (Å²) in [6.45, 7) is 3.81. The number of ether oxygens (including phenoxy) is 2. The number of aliphatic carboxylic acids is 1. The fraction of sp³-hybridized carbons (Fsp3) is 0.483. The molecule has 3 rings (SSSR count). The predicted molar refractivity (Wildman–Crippen MR) is 151 cm³/mol. The number of pyridine rings is 1. The first-order valence-electron chi connectivity index (χ1n) is 13.8. The number of carbonyl (C=O) groups excluding carboxylic acids is 3. The van der Waals surface area contributed by atoms with Gasteiger partial charge in [0.05, 0.1) is 18.7 Å². The van der Waals surface area contributed by atoms with E-state index < -0.39 is 30.1 Å². The standard InChI is InChI=1S/C29H39N5O7/c1-3-9-20(2)27(36)33-24(28(37)38)16-32-26(35)19-40-23-14-22(15-31-25-12-7-8-13-30-25)34(17-23)29(39)41-18-21-10-5-4-6-11-21/h4-8,10-13,20,22-24H,3,9,14-19H2,1-2H3,(H,30,31)(H,32,35)(H,33,36)(H,37,38). The van der Waals surface area contributed by atoms with Crippen molar-refractivity contribution < 1.29 is 33.8 Å². The molecular formula is C29H39N5O7. The number of carboxylic acid groups (broad SMARTS) is 1. The average molecular weight is 570 g/mol. The van der Waals surface area contributed by atoms with Crippen molar-refractivity contribution in [1.82, 2.24) is 20.5 Å². The molecule has 0 spiro atoms. The van der Waals surface area contributed by atoms with Crippen LogP contribution < -0.4 is 16.0 Å². The van der Waals surface area contributed by atoms with Crippen molar-refractivity contribution in [2.24, 2.45) is 5.92 Å². The van der Waals surface area contributed by atoms with Gasteiger partial charge in [0, 0.05) is 25.2 Å². The maximum Gasteiger partial charge on any atom is 0.410 e. The number of hydrogen-bond acceptors (Lipinski definition) is 8. The first-order chi connectivity index (χ1) is 19.8. The van der Waals surface area contributed by atoms with Gasteiger partial charge in [0.25, 0.3) is 0 Å². The highest BCUT2D eigenvalue weighted by Crippen LogP contribution is 2.22. The molecule has 222 valence electrons. The van der Waals surface area contributed by atoms with Gasteiger partial charge in [-0.3, -0.25) is 9.59 Å². The molecule has 1 aliphatic heterocycles. The van der Waals surface area contributed by atoms with Crippen LogP contribution in [0, 0.1) is 5.92 Å². The molecule has 12 nitrogen and oxygen atoms in total. The number of benzene rings is 1. The molecule has 0 aliphatic carbocycles. The summed E-state index contributed by atoms with van der Waals surface area (Å²) in [7, 11) is 0. The van der Waals surface area contributed by atoms with E-state index in [1.807, 2.05) is 55.5 Å². The van der Waals surface area contributed by atoms with Gasteiger partial charge < -0.3 is 35.4 Å². The lowest BCUT2D eigenvalue weighted by molar-refractivity contribution is -0.142. The average Bonchev–Trinajstić information content (AvgIpc) is 3.40. The van der Waals surface area contributed by atoms with E-state index in [4.69, 9.17) is 9.47 Å². The molecule has 12 heteroatoms. The number of aromatic nitrogens is 1. The molecule has 1 saturated heterocycles. The summed E-state index contributed by atoms with van der Waals surface area (Å²) in [5.41, 5.74) is 0.864. The summed E-state index contributed by atoms with van der Waals surface area (Å²) in [6.07, 6.45) is 2.62. The molecule has 1 aliphatic rings. The molecule has 0 bridgehead atoms. The van der Waals surface area contributed by atoms with Gasteiger partial charge in [-0.15, -0.1) is 0 Å². The lowest BCUT2D eigenvalue weighted by atomic mass is 10.1. The Morgan fingerprint density at radius 3 is 2.56 bits per heavy atom. The van der Waals surface area contributed by atoms with Gasteiger partial charge in [0.15, 0.2) is 0 Å². The number of nitrogens with one attached hydrogen (secondary N) is 3. The maximum absolute atomic E-state index is 13.0. The smallest absolute Gasteiger partial charge is 0.410 e. The molecule has 3 amide bonds. The van der Waals surface area contributed by atoms with Gasteiger partial charge in [0.2, 0.25) is 11.8 Å². The Hall–Kier alpha value is -4.19. The van der Waals surface area contributed by atoms with Crippen LogP contribution in [0.3, 0.4) is 0 Å². The van der Waals surface area contributed by atoms with Crippen LogP contribution in [-0.4, -0.2) is 83.3 Å². The second-order valence-electron chi connectivity index (χ2n) is 10.0. The Labute approximate surface area is 239 Å². The predicted octanol–water partition coefficient (Wildman–Crippen LogP) is 2.41. The molecule has 1 aromatic carbocycles. The second kappa shape index (κ2) is 16.2. The second-order valence-corrected chi connectivity index (χ2v) is 10.0. The van der Waals surface area contributed by atoms with Crippen molar-refractivity contribution in [3.05, 3.63) is 60.3 Å². The molecule has 4 atom stereocenters. The van der Waals surface area contributed by atoms with E-state index in [0.717, 1.165) is 12.0 Å². The van der Waals surface area contributed by atoms with Gasteiger partial charge in [-0.2, -0.15) is 0 Å². The number of carbonyl (C=O) groups is 4. The summed E-state index contributed by atoms with van der Waals surface area (Å²) in [5.74, 6) is -1.81. The van der Waals surface area contributed by atoms with E-state index in [1.165, 1.54) is 0 Å². The van der Waals surface area contributed by atoms with Gasteiger partial charge in [0.1, 0.15) is 25.1 Å². The molecule has 4 unspecified atom stereocenters. The SMILES string of the molecule is CCCC(C)C(=O)NC(CNC(=O)COC1CC(CNc2ccccn2)N(C(=O)OCc2ccccc2)C1)C(=O)O. The Balaban J connectivity index is 1.51. The molecule has 2 aromatic rings. The maximum atomic E-state index is 13.0. The van der Waals surface area contributed by atoms with E-state index in [2.05, 4.69) is 20.9 Å². The highest BCUT2D eigenvalue weighted by Gasteiger charge is 2.37. The number of rotatable bonds is 15. The van der Waals surface area contributed by atoms with Crippen LogP contribution in [0.2, 0.25) is 0 Å². The van der Waals surface area contributed by atoms with E-state index >= 15 is 0 Å². The normalized spacial score (nSPS) is 17.8. The van der Waals surface area contributed by atoms with Crippen LogP contribution >= 0.6 is 0 Å². The minimum Gasteiger partial charge on any atom is -0.480 e. The summed E-state index contributed by atoms with van der Waals surface area (Å²) in [5, 5.41) is 17.6. The number of amides is 3. The number of nitrogens with zero attached hydrogens (tertiary/aromatic N) is 2. The highest BCUT2D eigenvalue weighted by atomic mass is 16.6. The lowest BCUT2D eigenvalue weighted by Crippen LogP contribution is -2.50. The van der Waals surface area contributed by atoms with E-state index in [9.17, 15) is 24.3 Å². The Bertz CT molecular complexity index is 1130. The third kappa shape index (κ3) is 10.4. The van der Waals surface area contributed by atoms with Gasteiger partial charge in [-0.25, -0.2) is 14.6 Å². The van der Waals surface area contributed by atoms with Crippen molar-refractivity contribution in [2.75, 3.05) is 31.6 Å². The summed E-state index contributed by atoms with van der Waals surface area (Å²) in [4.78, 5) is 55.1.